The summed E-state index contributed by atoms with van der Waals surface area (Å²) in [7, 11) is 0. The molecule has 3 heterocycles. The van der Waals surface area contributed by atoms with E-state index in [4.69, 9.17) is 17.3 Å². The van der Waals surface area contributed by atoms with Gasteiger partial charge in [-0.3, -0.25) is 9.59 Å². The van der Waals surface area contributed by atoms with Crippen LogP contribution in [-0.4, -0.2) is 61.9 Å². The first-order chi connectivity index (χ1) is 15.7. The number of nitrogens with two attached hydrogens (primary N) is 1. The molecule has 3 aromatic rings. The predicted molar refractivity (Wildman–Crippen MR) is 129 cm³/mol. The molecule has 2 aromatic heterocycles. The van der Waals surface area contributed by atoms with Crippen molar-refractivity contribution in [3.63, 3.8) is 0 Å². The maximum absolute atomic E-state index is 13.5. The van der Waals surface area contributed by atoms with Gasteiger partial charge in [-0.2, -0.15) is 22.1 Å². The summed E-state index contributed by atoms with van der Waals surface area (Å²) >= 11 is 7.80. The van der Waals surface area contributed by atoms with Gasteiger partial charge in [0, 0.05) is 18.7 Å². The van der Waals surface area contributed by atoms with Crippen LogP contribution in [0.1, 0.15) is 19.4 Å². The minimum absolute atomic E-state index is 0.0821. The lowest BCUT2D eigenvalue weighted by atomic mass is 9.95. The van der Waals surface area contributed by atoms with Crippen LogP contribution in [0.15, 0.2) is 30.6 Å². The Labute approximate surface area is 200 Å². The fourth-order valence-corrected chi connectivity index (χ4v) is 4.81. The highest BCUT2D eigenvalue weighted by atomic mass is 35.5. The van der Waals surface area contributed by atoms with Gasteiger partial charge in [-0.15, -0.1) is 0 Å². The molecule has 0 saturated carbocycles. The Bertz CT molecular complexity index is 1310. The average Bonchev–Trinajstić information content (AvgIpc) is 3.13. The third-order valence-electron chi connectivity index (χ3n) is 5.80. The van der Waals surface area contributed by atoms with E-state index in [9.17, 15) is 14.9 Å². The van der Waals surface area contributed by atoms with Gasteiger partial charge in [0.1, 0.15) is 23.5 Å². The van der Waals surface area contributed by atoms with E-state index in [1.54, 1.807) is 52.4 Å². The van der Waals surface area contributed by atoms with Crippen molar-refractivity contribution in [1.29, 1.82) is 5.26 Å². The molecule has 1 fully saturated rings. The standard InChI is InChI=1S/C22H22ClN7O2S/c1-22(2)21(32)28(6-7-29(22)18(31)11-33-3)16-8-13(4-5-14(16)10-24)17-9-15(23)19-20(25)26-12-27-30(17)19/h4-5,8-9,12H,6-7,11H2,1-3H3,(H2,25,26,27). The van der Waals surface area contributed by atoms with Crippen molar-refractivity contribution >= 4 is 52.2 Å². The van der Waals surface area contributed by atoms with Gasteiger partial charge in [0.05, 0.1) is 27.7 Å². The Balaban J connectivity index is 1.78. The SMILES string of the molecule is CSCC(=O)N1CCN(c2cc(-c3cc(Cl)c4c(N)ncnn34)ccc2C#N)C(=O)C1(C)C. The topological polar surface area (TPSA) is 121 Å². The van der Waals surface area contributed by atoms with Crippen LogP contribution in [0.5, 0.6) is 0 Å². The highest BCUT2D eigenvalue weighted by Crippen LogP contribution is 2.35. The summed E-state index contributed by atoms with van der Waals surface area (Å²) in [6, 6.07) is 9.09. The molecular weight excluding hydrogens is 462 g/mol. The molecule has 9 nitrogen and oxygen atoms in total. The fraction of sp³-hybridized carbons (Fsp3) is 0.318. The molecule has 2 N–H and O–H groups in total. The van der Waals surface area contributed by atoms with E-state index in [2.05, 4.69) is 16.2 Å². The number of thioether (sulfide) groups is 1. The van der Waals surface area contributed by atoms with Gasteiger partial charge >= 0.3 is 0 Å². The first-order valence-electron chi connectivity index (χ1n) is 10.1. The number of aromatic nitrogens is 3. The van der Waals surface area contributed by atoms with Crippen molar-refractivity contribution in [2.75, 3.05) is 35.7 Å². The molecule has 0 aliphatic carbocycles. The maximum atomic E-state index is 13.5. The summed E-state index contributed by atoms with van der Waals surface area (Å²) in [4.78, 5) is 33.2. The number of hydrogen-bond donors (Lipinski definition) is 1. The van der Waals surface area contributed by atoms with E-state index >= 15 is 0 Å². The van der Waals surface area contributed by atoms with E-state index in [1.807, 2.05) is 6.26 Å². The van der Waals surface area contributed by atoms with Gasteiger partial charge in [0.25, 0.3) is 5.91 Å². The van der Waals surface area contributed by atoms with Crippen molar-refractivity contribution in [1.82, 2.24) is 19.5 Å². The fourth-order valence-electron chi connectivity index (χ4n) is 4.13. The second-order valence-electron chi connectivity index (χ2n) is 8.12. The number of amides is 2. The van der Waals surface area contributed by atoms with Crippen molar-refractivity contribution in [3.8, 4) is 17.3 Å². The van der Waals surface area contributed by atoms with Gasteiger partial charge in [-0.1, -0.05) is 17.7 Å². The minimum Gasteiger partial charge on any atom is -0.382 e. The monoisotopic (exact) mass is 483 g/mol. The van der Waals surface area contributed by atoms with Crippen LogP contribution in [0.2, 0.25) is 5.02 Å². The zero-order valence-electron chi connectivity index (χ0n) is 18.4. The van der Waals surface area contributed by atoms with E-state index in [0.717, 1.165) is 0 Å². The van der Waals surface area contributed by atoms with Crippen LogP contribution in [-0.2, 0) is 9.59 Å². The second kappa shape index (κ2) is 8.57. The number of anilines is 2. The lowest BCUT2D eigenvalue weighted by Gasteiger charge is -2.46. The number of benzene rings is 1. The lowest BCUT2D eigenvalue weighted by Crippen LogP contribution is -2.65. The predicted octanol–water partition coefficient (Wildman–Crippen LogP) is 2.82. The molecule has 11 heteroatoms. The molecule has 1 aromatic carbocycles. The number of halogens is 1. The van der Waals surface area contributed by atoms with E-state index < -0.39 is 5.54 Å². The zero-order valence-corrected chi connectivity index (χ0v) is 19.9. The molecule has 170 valence electrons. The van der Waals surface area contributed by atoms with Gasteiger partial charge in [-0.05, 0) is 38.3 Å². The Morgan fingerprint density at radius 3 is 2.79 bits per heavy atom. The highest BCUT2D eigenvalue weighted by Gasteiger charge is 2.44. The molecule has 1 saturated heterocycles. The Morgan fingerprint density at radius 2 is 2.09 bits per heavy atom. The van der Waals surface area contributed by atoms with Crippen LogP contribution in [0.4, 0.5) is 11.5 Å². The Hall–Kier alpha value is -3.29. The molecule has 2 amide bonds. The van der Waals surface area contributed by atoms with E-state index in [-0.39, 0.29) is 24.2 Å². The van der Waals surface area contributed by atoms with Gasteiger partial charge < -0.3 is 15.5 Å². The van der Waals surface area contributed by atoms with Gasteiger partial charge in [0.2, 0.25) is 5.91 Å². The lowest BCUT2D eigenvalue weighted by molar-refractivity contribution is -0.145. The zero-order chi connectivity index (χ0) is 23.9. The number of piperazine rings is 1. The van der Waals surface area contributed by atoms with Crippen molar-refractivity contribution < 1.29 is 9.59 Å². The summed E-state index contributed by atoms with van der Waals surface area (Å²) < 4.78 is 1.58. The van der Waals surface area contributed by atoms with Crippen LogP contribution in [0.25, 0.3) is 16.8 Å². The minimum atomic E-state index is -1.04. The molecule has 0 bridgehead atoms. The summed E-state index contributed by atoms with van der Waals surface area (Å²) in [6.45, 7) is 4.12. The molecular formula is C22H22ClN7O2S. The van der Waals surface area contributed by atoms with E-state index in [0.29, 0.717) is 45.3 Å². The van der Waals surface area contributed by atoms with Crippen LogP contribution in [0, 0.1) is 11.3 Å². The highest BCUT2D eigenvalue weighted by molar-refractivity contribution is 7.99. The quantitative estimate of drug-likeness (QED) is 0.605. The maximum Gasteiger partial charge on any atom is 0.252 e. The largest absolute Gasteiger partial charge is 0.382 e. The number of nitriles is 1. The van der Waals surface area contributed by atoms with Crippen molar-refractivity contribution in [3.05, 3.63) is 41.2 Å². The molecule has 4 rings (SSSR count). The molecule has 0 spiro atoms. The second-order valence-corrected chi connectivity index (χ2v) is 9.39. The first-order valence-corrected chi connectivity index (χ1v) is 11.9. The number of rotatable bonds is 4. The van der Waals surface area contributed by atoms with E-state index in [1.165, 1.54) is 18.1 Å². The molecule has 1 aliphatic rings. The number of hydrogen-bond acceptors (Lipinski definition) is 7. The average molecular weight is 484 g/mol. The molecule has 0 atom stereocenters. The Morgan fingerprint density at radius 1 is 1.33 bits per heavy atom. The van der Waals surface area contributed by atoms with Crippen molar-refractivity contribution in [2.24, 2.45) is 0 Å². The molecule has 0 unspecified atom stereocenters. The third kappa shape index (κ3) is 3.77. The van der Waals surface area contributed by atoms with Gasteiger partial charge in [-0.25, -0.2) is 9.50 Å². The van der Waals surface area contributed by atoms with Gasteiger partial charge in [0.15, 0.2) is 5.82 Å². The van der Waals surface area contributed by atoms with Crippen LogP contribution in [0.3, 0.4) is 0 Å². The summed E-state index contributed by atoms with van der Waals surface area (Å²) in [6.07, 6.45) is 3.19. The number of fused-ring (bicyclic) bond motifs is 1. The molecule has 33 heavy (non-hydrogen) atoms. The normalized spacial score (nSPS) is 15.7. The van der Waals surface area contributed by atoms with Crippen molar-refractivity contribution in [2.45, 2.75) is 19.4 Å². The third-order valence-corrected chi connectivity index (χ3v) is 6.62. The van der Waals surface area contributed by atoms with Crippen LogP contribution >= 0.6 is 23.4 Å². The number of nitrogen functional groups attached to an aromatic ring is 1. The van der Waals surface area contributed by atoms with Crippen LogP contribution < -0.4 is 10.6 Å². The number of carbonyl (C=O) groups is 2. The summed E-state index contributed by atoms with van der Waals surface area (Å²) in [5, 5.41) is 14.4. The number of nitrogens with zero attached hydrogens (tertiary/aromatic N) is 6. The molecule has 0 radical (unpaired) electrons. The summed E-state index contributed by atoms with van der Waals surface area (Å²) in [5.41, 5.74) is 7.58. The number of carbonyl (C=O) groups excluding carboxylic acids is 2. The Kier molecular flexibility index (Phi) is 5.95. The summed E-state index contributed by atoms with van der Waals surface area (Å²) in [5.74, 6) is 0.226. The molecule has 1 aliphatic heterocycles. The first kappa shape index (κ1) is 22.9. The smallest absolute Gasteiger partial charge is 0.252 e.